The van der Waals surface area contributed by atoms with Gasteiger partial charge in [-0.3, -0.25) is 0 Å². The fourth-order valence-electron chi connectivity index (χ4n) is 2.30. The van der Waals surface area contributed by atoms with Gasteiger partial charge in [-0.15, -0.1) is 0 Å². The number of hydrogen-bond acceptors (Lipinski definition) is 3. The topological polar surface area (TPSA) is 114 Å². The van der Waals surface area contributed by atoms with Crippen molar-refractivity contribution < 1.29 is 13.2 Å². The number of nitrogens with zero attached hydrogens (tertiary/aromatic N) is 1. The quantitative estimate of drug-likeness (QED) is 0.332. The average Bonchev–Trinajstić information content (AvgIpc) is 2.59. The Balaban J connectivity index is 2.42. The Morgan fingerprint density at radius 2 is 1.54 bits per heavy atom. The zero-order chi connectivity index (χ0) is 19.3. The number of allylic oxidation sites excluding steroid dienone is 2. The third-order valence-corrected chi connectivity index (χ3v) is 3.49. The second kappa shape index (κ2) is 7.64. The maximum Gasteiger partial charge on any atom is 0.417 e. The lowest BCUT2D eigenvalue weighted by molar-refractivity contribution is -0.137. The van der Waals surface area contributed by atoms with E-state index >= 15 is 0 Å². The van der Waals surface area contributed by atoms with Gasteiger partial charge in [-0.25, -0.2) is 4.99 Å². The van der Waals surface area contributed by atoms with Crippen LogP contribution in [0.15, 0.2) is 71.6 Å². The molecule has 0 aliphatic heterocycles. The van der Waals surface area contributed by atoms with Gasteiger partial charge in [-0.2, -0.15) is 19.4 Å². The number of halogens is 3. The molecule has 2 aromatic rings. The van der Waals surface area contributed by atoms with E-state index in [1.165, 1.54) is 18.2 Å². The normalized spacial score (nSPS) is 13.7. The van der Waals surface area contributed by atoms with Gasteiger partial charge in [0.05, 0.1) is 5.56 Å². The molecule has 0 heterocycles. The molecule has 0 aliphatic carbocycles. The zero-order valence-electron chi connectivity index (χ0n) is 13.6. The Kier molecular flexibility index (Phi) is 5.56. The van der Waals surface area contributed by atoms with Gasteiger partial charge in [-0.05, 0) is 35.4 Å². The van der Waals surface area contributed by atoms with Crippen molar-refractivity contribution >= 4 is 17.1 Å². The molecule has 0 bridgehead atoms. The molecule has 0 unspecified atom stereocenters. The molecule has 136 valence electrons. The van der Waals surface area contributed by atoms with Gasteiger partial charge in [-0.1, -0.05) is 30.3 Å². The van der Waals surface area contributed by atoms with E-state index < -0.39 is 11.7 Å². The second-order valence-corrected chi connectivity index (χ2v) is 5.30. The van der Waals surface area contributed by atoms with Crippen LogP contribution in [0.5, 0.6) is 0 Å². The summed E-state index contributed by atoms with van der Waals surface area (Å²) in [4.78, 5) is 3.96. The Labute approximate surface area is 148 Å². The van der Waals surface area contributed by atoms with E-state index in [9.17, 15) is 13.2 Å². The molecule has 2 rings (SSSR count). The first-order chi connectivity index (χ1) is 12.2. The fraction of sp³-hybridized carbons (Fsp3) is 0.0556. The van der Waals surface area contributed by atoms with E-state index in [0.29, 0.717) is 11.3 Å². The SMILES string of the molecule is [NH-]\C=C(/C=C(N)/N=C(\N)c1ccccc1N)c1ccccc1C(F)(F)F. The van der Waals surface area contributed by atoms with Crippen LogP contribution in [0.25, 0.3) is 11.3 Å². The predicted octanol–water partition coefficient (Wildman–Crippen LogP) is 3.89. The van der Waals surface area contributed by atoms with E-state index in [4.69, 9.17) is 22.9 Å². The molecule has 0 radical (unpaired) electrons. The number of amidine groups is 1. The highest BCUT2D eigenvalue weighted by Gasteiger charge is 2.33. The highest BCUT2D eigenvalue weighted by molar-refractivity contribution is 6.02. The minimum Gasteiger partial charge on any atom is -0.704 e. The van der Waals surface area contributed by atoms with E-state index in [2.05, 4.69) is 4.99 Å². The van der Waals surface area contributed by atoms with E-state index in [1.54, 1.807) is 24.3 Å². The molecular formula is C18H17F3N5-. The van der Waals surface area contributed by atoms with Crippen LogP contribution in [0, 0.1) is 0 Å². The Morgan fingerprint density at radius 1 is 0.962 bits per heavy atom. The number of para-hydroxylation sites is 1. The Morgan fingerprint density at radius 3 is 2.12 bits per heavy atom. The Bertz CT molecular complexity index is 882. The van der Waals surface area contributed by atoms with Gasteiger partial charge in [0.2, 0.25) is 0 Å². The van der Waals surface area contributed by atoms with Crippen molar-refractivity contribution in [1.29, 1.82) is 0 Å². The summed E-state index contributed by atoms with van der Waals surface area (Å²) < 4.78 is 39.5. The van der Waals surface area contributed by atoms with Crippen LogP contribution in [-0.2, 0) is 6.18 Å². The van der Waals surface area contributed by atoms with Gasteiger partial charge < -0.3 is 22.9 Å². The number of hydrogen-bond donors (Lipinski definition) is 3. The summed E-state index contributed by atoms with van der Waals surface area (Å²) in [6, 6.07) is 11.6. The molecule has 5 nitrogen and oxygen atoms in total. The fourth-order valence-corrected chi connectivity index (χ4v) is 2.30. The second-order valence-electron chi connectivity index (χ2n) is 5.30. The van der Waals surface area contributed by atoms with Crippen LogP contribution in [0.2, 0.25) is 0 Å². The summed E-state index contributed by atoms with van der Waals surface area (Å²) >= 11 is 0. The third-order valence-electron chi connectivity index (χ3n) is 3.49. The van der Waals surface area contributed by atoms with Crippen LogP contribution < -0.4 is 17.2 Å². The molecule has 8 heteroatoms. The molecule has 0 aliphatic rings. The largest absolute Gasteiger partial charge is 0.704 e. The van der Waals surface area contributed by atoms with Crippen LogP contribution in [0.4, 0.5) is 18.9 Å². The summed E-state index contributed by atoms with van der Waals surface area (Å²) in [5.41, 5.74) is 24.6. The summed E-state index contributed by atoms with van der Waals surface area (Å²) in [5.74, 6) is -0.133. The molecular weight excluding hydrogens is 343 g/mol. The van der Waals surface area contributed by atoms with Gasteiger partial charge in [0.1, 0.15) is 11.7 Å². The maximum atomic E-state index is 13.2. The van der Waals surface area contributed by atoms with Crippen molar-refractivity contribution in [2.24, 2.45) is 16.5 Å². The van der Waals surface area contributed by atoms with E-state index in [0.717, 1.165) is 18.3 Å². The molecule has 0 saturated carbocycles. The minimum atomic E-state index is -4.56. The van der Waals surface area contributed by atoms with Gasteiger partial charge in [0, 0.05) is 11.3 Å². The summed E-state index contributed by atoms with van der Waals surface area (Å²) in [7, 11) is 0. The van der Waals surface area contributed by atoms with E-state index in [1.807, 2.05) is 0 Å². The van der Waals surface area contributed by atoms with Crippen molar-refractivity contribution in [1.82, 2.24) is 0 Å². The molecule has 26 heavy (non-hydrogen) atoms. The molecule has 0 fully saturated rings. The molecule has 0 atom stereocenters. The summed E-state index contributed by atoms with van der Waals surface area (Å²) in [5, 5.41) is 0. The number of aliphatic imine (C=N–C) groups is 1. The standard InChI is InChI=1S/C18H17F3N5/c19-18(20,21)14-7-3-1-5-12(14)11(10-22)9-16(24)26-17(25)13-6-2-4-8-15(13)23/h1-10,22H,23-24H2,(H2,25,26)/q-1/b11-10+,16-9+. The molecule has 2 aromatic carbocycles. The molecule has 7 N–H and O–H groups in total. The number of benzene rings is 2. The lowest BCUT2D eigenvalue weighted by Crippen LogP contribution is -2.17. The first kappa shape index (κ1) is 18.9. The maximum absolute atomic E-state index is 13.2. The van der Waals surface area contributed by atoms with E-state index in [-0.39, 0.29) is 22.8 Å². The molecule has 0 spiro atoms. The minimum absolute atomic E-state index is 0.0188. The number of nitrogen functional groups attached to an aromatic ring is 1. The number of anilines is 1. The molecule has 0 aromatic heterocycles. The first-order valence-electron chi connectivity index (χ1n) is 7.44. The predicted molar refractivity (Wildman–Crippen MR) is 97.6 cm³/mol. The smallest absolute Gasteiger partial charge is 0.417 e. The highest BCUT2D eigenvalue weighted by atomic mass is 19.4. The molecule has 0 amide bonds. The lowest BCUT2D eigenvalue weighted by Gasteiger charge is -2.14. The van der Waals surface area contributed by atoms with Crippen molar-refractivity contribution in [3.05, 3.63) is 89.1 Å². The van der Waals surface area contributed by atoms with Crippen molar-refractivity contribution in [3.8, 4) is 0 Å². The van der Waals surface area contributed by atoms with Crippen LogP contribution in [0.3, 0.4) is 0 Å². The Hall–Kier alpha value is -3.42. The first-order valence-corrected chi connectivity index (χ1v) is 7.44. The number of rotatable bonds is 4. The van der Waals surface area contributed by atoms with Crippen molar-refractivity contribution in [2.75, 3.05) is 5.73 Å². The van der Waals surface area contributed by atoms with Gasteiger partial charge >= 0.3 is 6.18 Å². The summed E-state index contributed by atoms with van der Waals surface area (Å²) in [6.07, 6.45) is -2.63. The average molecular weight is 360 g/mol. The van der Waals surface area contributed by atoms with Crippen molar-refractivity contribution in [3.63, 3.8) is 0 Å². The van der Waals surface area contributed by atoms with Gasteiger partial charge in [0.25, 0.3) is 0 Å². The van der Waals surface area contributed by atoms with Crippen LogP contribution in [0.1, 0.15) is 16.7 Å². The lowest BCUT2D eigenvalue weighted by atomic mass is 9.99. The summed E-state index contributed by atoms with van der Waals surface area (Å²) in [6.45, 7) is 0. The van der Waals surface area contributed by atoms with Gasteiger partial charge in [0.15, 0.2) is 0 Å². The number of nitrogens with two attached hydrogens (primary N) is 3. The third kappa shape index (κ3) is 4.35. The zero-order valence-corrected chi connectivity index (χ0v) is 13.6. The van der Waals surface area contributed by atoms with Crippen LogP contribution >= 0.6 is 0 Å². The highest BCUT2D eigenvalue weighted by Crippen LogP contribution is 2.35. The number of alkyl halides is 3. The van der Waals surface area contributed by atoms with Crippen molar-refractivity contribution in [2.45, 2.75) is 6.18 Å². The monoisotopic (exact) mass is 360 g/mol. The number of nitrogens with one attached hydrogen (secondary N) is 1. The molecule has 0 saturated heterocycles. The van der Waals surface area contributed by atoms with Crippen LogP contribution in [-0.4, -0.2) is 5.84 Å².